The number of hydrogen-bond donors (Lipinski definition) is 1. The van der Waals surface area contributed by atoms with Crippen LogP contribution < -0.4 is 25.4 Å². The van der Waals surface area contributed by atoms with Gasteiger partial charge < -0.3 is 9.47 Å². The molecule has 1 N–H and O–H groups in total. The van der Waals surface area contributed by atoms with Crippen LogP contribution in [0.15, 0.2) is 50.9 Å². The van der Waals surface area contributed by atoms with Crippen LogP contribution in [-0.2, 0) is 24.1 Å². The number of hydrogen-bond acceptors (Lipinski definition) is 6. The van der Waals surface area contributed by atoms with Gasteiger partial charge in [-0.1, -0.05) is 0 Å². The summed E-state index contributed by atoms with van der Waals surface area (Å²) in [6, 6.07) is 8.69. The van der Waals surface area contributed by atoms with Gasteiger partial charge in [0.25, 0.3) is 15.6 Å². The number of nitrogens with zero attached hydrogens (tertiary/aromatic N) is 2. The molecule has 10 heteroatoms. The maximum Gasteiger partial charge on any atom is 0.330 e. The zero-order chi connectivity index (χ0) is 20.6. The molecule has 0 unspecified atom stereocenters. The Morgan fingerprint density at radius 3 is 2.29 bits per heavy atom. The van der Waals surface area contributed by atoms with E-state index in [9.17, 15) is 18.0 Å². The minimum Gasteiger partial charge on any atom is -0.497 e. The van der Waals surface area contributed by atoms with Gasteiger partial charge >= 0.3 is 5.69 Å². The first kappa shape index (κ1) is 19.5. The fraction of sp³-hybridized carbons (Fsp3) is 0.222. The Kier molecular flexibility index (Phi) is 4.90. The van der Waals surface area contributed by atoms with Crippen LogP contribution in [-0.4, -0.2) is 31.8 Å². The summed E-state index contributed by atoms with van der Waals surface area (Å²) in [6.45, 7) is 0. The zero-order valence-electron chi connectivity index (χ0n) is 15.7. The number of rotatable bonds is 5. The number of ether oxygens (including phenoxy) is 2. The first-order chi connectivity index (χ1) is 13.2. The van der Waals surface area contributed by atoms with Crippen molar-refractivity contribution >= 4 is 26.6 Å². The number of aryl methyl sites for hydroxylation is 1. The molecule has 0 bridgehead atoms. The van der Waals surface area contributed by atoms with E-state index in [2.05, 4.69) is 4.72 Å². The standard InChI is InChI=1S/C18H19N3O6S/c1-20-15-7-6-12(10-13(15)17(22)21(2)18(20)23)28(24,25)19-14-9-11(26-3)5-8-16(14)27-4/h5-10,19H,1-4H3. The third-order valence-electron chi connectivity index (χ3n) is 4.40. The van der Waals surface area contributed by atoms with E-state index in [1.54, 1.807) is 12.1 Å². The van der Waals surface area contributed by atoms with Gasteiger partial charge in [0.1, 0.15) is 11.5 Å². The number of methoxy groups -OCH3 is 2. The molecule has 0 saturated heterocycles. The third kappa shape index (κ3) is 3.22. The smallest absolute Gasteiger partial charge is 0.330 e. The molecule has 0 amide bonds. The molecule has 0 aliphatic rings. The van der Waals surface area contributed by atoms with Gasteiger partial charge in [0.2, 0.25) is 0 Å². The highest BCUT2D eigenvalue weighted by Crippen LogP contribution is 2.31. The van der Waals surface area contributed by atoms with E-state index in [1.165, 1.54) is 57.1 Å². The summed E-state index contributed by atoms with van der Waals surface area (Å²) in [5.74, 6) is 0.754. The van der Waals surface area contributed by atoms with Crippen molar-refractivity contribution in [3.8, 4) is 11.5 Å². The summed E-state index contributed by atoms with van der Waals surface area (Å²) in [7, 11) is 1.69. The molecule has 28 heavy (non-hydrogen) atoms. The highest BCUT2D eigenvalue weighted by molar-refractivity contribution is 7.92. The van der Waals surface area contributed by atoms with Crippen molar-refractivity contribution in [2.75, 3.05) is 18.9 Å². The van der Waals surface area contributed by atoms with E-state index < -0.39 is 21.3 Å². The Morgan fingerprint density at radius 2 is 1.64 bits per heavy atom. The maximum absolute atomic E-state index is 12.9. The van der Waals surface area contributed by atoms with E-state index in [1.807, 2.05) is 0 Å². The highest BCUT2D eigenvalue weighted by atomic mass is 32.2. The Balaban J connectivity index is 2.14. The largest absolute Gasteiger partial charge is 0.497 e. The molecule has 9 nitrogen and oxygen atoms in total. The number of nitrogens with one attached hydrogen (secondary N) is 1. The summed E-state index contributed by atoms with van der Waals surface area (Å²) >= 11 is 0. The molecule has 0 radical (unpaired) electrons. The van der Waals surface area contributed by atoms with E-state index in [4.69, 9.17) is 9.47 Å². The number of fused-ring (bicyclic) bond motifs is 1. The average molecular weight is 405 g/mol. The van der Waals surface area contributed by atoms with E-state index in [0.29, 0.717) is 17.0 Å². The quantitative estimate of drug-likeness (QED) is 0.680. The molecule has 0 aliphatic carbocycles. The summed E-state index contributed by atoms with van der Waals surface area (Å²) in [5.41, 5.74) is -0.539. The van der Waals surface area contributed by atoms with Gasteiger partial charge in [-0.3, -0.25) is 18.7 Å². The second-order valence-corrected chi connectivity index (χ2v) is 7.74. The Bertz CT molecular complexity index is 1290. The van der Waals surface area contributed by atoms with Crippen LogP contribution in [0.25, 0.3) is 10.9 Å². The summed E-state index contributed by atoms with van der Waals surface area (Å²) in [6.07, 6.45) is 0. The lowest BCUT2D eigenvalue weighted by atomic mass is 10.2. The van der Waals surface area contributed by atoms with Gasteiger partial charge in [0.15, 0.2) is 0 Å². The maximum atomic E-state index is 12.9. The van der Waals surface area contributed by atoms with Gasteiger partial charge in [-0.15, -0.1) is 0 Å². The van der Waals surface area contributed by atoms with E-state index >= 15 is 0 Å². The van der Waals surface area contributed by atoms with Gasteiger partial charge in [0, 0.05) is 20.2 Å². The second kappa shape index (κ2) is 7.04. The van der Waals surface area contributed by atoms with E-state index in [0.717, 1.165) is 4.57 Å². The Morgan fingerprint density at radius 1 is 0.929 bits per heavy atom. The lowest BCUT2D eigenvalue weighted by Crippen LogP contribution is -2.37. The van der Waals surface area contributed by atoms with Gasteiger partial charge in [-0.05, 0) is 30.3 Å². The van der Waals surface area contributed by atoms with Gasteiger partial charge in [0.05, 0.1) is 35.7 Å². The summed E-state index contributed by atoms with van der Waals surface area (Å²) in [4.78, 5) is 24.3. The second-order valence-electron chi connectivity index (χ2n) is 6.06. The van der Waals surface area contributed by atoms with Crippen molar-refractivity contribution in [3.05, 3.63) is 57.2 Å². The Hall–Kier alpha value is -3.27. The lowest BCUT2D eigenvalue weighted by Gasteiger charge is -2.14. The molecule has 3 rings (SSSR count). The molecule has 0 aliphatic heterocycles. The normalized spacial score (nSPS) is 11.4. The number of anilines is 1. The summed E-state index contributed by atoms with van der Waals surface area (Å²) < 4.78 is 40.7. The fourth-order valence-electron chi connectivity index (χ4n) is 2.84. The SMILES string of the molecule is COc1ccc(OC)c(NS(=O)(=O)c2ccc3c(c2)c(=O)n(C)c(=O)n3C)c1. The highest BCUT2D eigenvalue weighted by Gasteiger charge is 2.19. The van der Waals surface area contributed by atoms with Crippen molar-refractivity contribution in [1.82, 2.24) is 9.13 Å². The molecular weight excluding hydrogens is 386 g/mol. The van der Waals surface area contributed by atoms with Crippen LogP contribution in [0.5, 0.6) is 11.5 Å². The molecule has 1 heterocycles. The predicted molar refractivity (Wildman–Crippen MR) is 105 cm³/mol. The zero-order valence-corrected chi connectivity index (χ0v) is 16.5. The minimum atomic E-state index is -4.04. The molecule has 2 aromatic carbocycles. The van der Waals surface area contributed by atoms with Crippen molar-refractivity contribution in [2.45, 2.75) is 4.90 Å². The van der Waals surface area contributed by atoms with Crippen LogP contribution in [0, 0.1) is 0 Å². The topological polar surface area (TPSA) is 109 Å². The molecule has 148 valence electrons. The molecule has 3 aromatic rings. The number of sulfonamides is 1. The molecule has 0 fully saturated rings. The molecule has 0 atom stereocenters. The van der Waals surface area contributed by atoms with Crippen molar-refractivity contribution in [1.29, 1.82) is 0 Å². The number of benzene rings is 2. The Labute approximate surface area is 160 Å². The van der Waals surface area contributed by atoms with Crippen LogP contribution >= 0.6 is 0 Å². The molecular formula is C18H19N3O6S. The van der Waals surface area contributed by atoms with Crippen LogP contribution in [0.3, 0.4) is 0 Å². The van der Waals surface area contributed by atoms with Crippen LogP contribution in [0.4, 0.5) is 5.69 Å². The first-order valence-electron chi connectivity index (χ1n) is 8.14. The first-order valence-corrected chi connectivity index (χ1v) is 9.62. The van der Waals surface area contributed by atoms with Crippen molar-refractivity contribution < 1.29 is 17.9 Å². The average Bonchev–Trinajstić information content (AvgIpc) is 2.69. The van der Waals surface area contributed by atoms with Crippen molar-refractivity contribution in [3.63, 3.8) is 0 Å². The van der Waals surface area contributed by atoms with Gasteiger partial charge in [-0.25, -0.2) is 13.2 Å². The monoisotopic (exact) mass is 405 g/mol. The fourth-order valence-corrected chi connectivity index (χ4v) is 3.93. The summed E-state index contributed by atoms with van der Waals surface area (Å²) in [5, 5.41) is 0.116. The van der Waals surface area contributed by atoms with Gasteiger partial charge in [-0.2, -0.15) is 0 Å². The molecule has 0 spiro atoms. The minimum absolute atomic E-state index is 0.116. The predicted octanol–water partition coefficient (Wildman–Crippen LogP) is 1.06. The third-order valence-corrected chi connectivity index (χ3v) is 5.76. The van der Waals surface area contributed by atoms with Crippen LogP contribution in [0.2, 0.25) is 0 Å². The molecule has 1 aromatic heterocycles. The van der Waals surface area contributed by atoms with Crippen molar-refractivity contribution in [2.24, 2.45) is 14.1 Å². The van der Waals surface area contributed by atoms with Crippen LogP contribution in [0.1, 0.15) is 0 Å². The van der Waals surface area contributed by atoms with E-state index in [-0.39, 0.29) is 16.0 Å². The molecule has 0 saturated carbocycles. The number of aromatic nitrogens is 2. The lowest BCUT2D eigenvalue weighted by molar-refractivity contribution is 0.405.